The molecule has 0 atom stereocenters. The van der Waals surface area contributed by atoms with E-state index in [0.717, 1.165) is 17.7 Å². The van der Waals surface area contributed by atoms with Gasteiger partial charge in [-0.3, -0.25) is 0 Å². The number of hydrogen-bond acceptors (Lipinski definition) is 6. The van der Waals surface area contributed by atoms with Crippen LogP contribution in [0.1, 0.15) is 11.1 Å². The number of anilines is 4. The Kier molecular flexibility index (Phi) is 6.73. The van der Waals surface area contributed by atoms with Crippen LogP contribution in [0.4, 0.5) is 41.1 Å². The number of rotatable bonds is 4. The van der Waals surface area contributed by atoms with Gasteiger partial charge < -0.3 is 20.4 Å². The van der Waals surface area contributed by atoms with Crippen LogP contribution in [0.3, 0.4) is 0 Å². The van der Waals surface area contributed by atoms with Crippen LogP contribution in [0.5, 0.6) is 0 Å². The van der Waals surface area contributed by atoms with Crippen molar-refractivity contribution in [3.05, 3.63) is 64.8 Å². The van der Waals surface area contributed by atoms with Crippen molar-refractivity contribution in [1.29, 1.82) is 0 Å². The predicted octanol–water partition coefficient (Wildman–Crippen LogP) is 4.95. The molecule has 1 saturated heterocycles. The third kappa shape index (κ3) is 5.66. The van der Waals surface area contributed by atoms with Gasteiger partial charge in [0.05, 0.1) is 10.6 Å². The van der Waals surface area contributed by atoms with E-state index in [4.69, 9.17) is 11.6 Å². The van der Waals surface area contributed by atoms with E-state index in [2.05, 4.69) is 25.8 Å². The Bertz CT molecular complexity index is 1170. The number of aromatic nitrogens is 3. The number of carbonyl (C=O) groups is 1. The molecule has 1 aromatic carbocycles. The zero-order chi connectivity index (χ0) is 24.3. The van der Waals surface area contributed by atoms with Crippen LogP contribution < -0.4 is 15.5 Å². The zero-order valence-corrected chi connectivity index (χ0v) is 18.9. The van der Waals surface area contributed by atoms with Crippen molar-refractivity contribution in [2.75, 3.05) is 41.7 Å². The highest BCUT2D eigenvalue weighted by Gasteiger charge is 2.33. The van der Waals surface area contributed by atoms with Crippen molar-refractivity contribution in [2.45, 2.75) is 13.1 Å². The van der Waals surface area contributed by atoms with Gasteiger partial charge in [-0.1, -0.05) is 11.6 Å². The molecule has 3 heterocycles. The van der Waals surface area contributed by atoms with E-state index in [1.165, 1.54) is 11.0 Å². The molecule has 12 heteroatoms. The van der Waals surface area contributed by atoms with Crippen LogP contribution in [-0.2, 0) is 6.18 Å². The maximum Gasteiger partial charge on any atom is 0.417 e. The molecule has 34 heavy (non-hydrogen) atoms. The number of amides is 2. The van der Waals surface area contributed by atoms with E-state index in [1.807, 2.05) is 30.0 Å². The molecule has 0 aliphatic carbocycles. The quantitative estimate of drug-likeness (QED) is 0.537. The van der Waals surface area contributed by atoms with Crippen LogP contribution in [-0.4, -0.2) is 52.3 Å². The lowest BCUT2D eigenvalue weighted by Gasteiger charge is -2.35. The molecule has 178 valence electrons. The number of pyridine rings is 1. The Morgan fingerprint density at radius 1 is 1.00 bits per heavy atom. The highest BCUT2D eigenvalue weighted by molar-refractivity contribution is 6.31. The summed E-state index contributed by atoms with van der Waals surface area (Å²) in [5, 5.41) is 13.6. The van der Waals surface area contributed by atoms with Gasteiger partial charge in [0, 0.05) is 38.1 Å². The molecule has 0 radical (unpaired) electrons. The SMILES string of the molecule is Cc1ccnc(Nc2ccc(N3CCN(C(=O)Nc4ccc(Cl)c(C(F)(F)F)c4)CC3)nn2)c1. The summed E-state index contributed by atoms with van der Waals surface area (Å²) >= 11 is 5.63. The Morgan fingerprint density at radius 3 is 2.41 bits per heavy atom. The molecule has 0 unspecified atom stereocenters. The number of benzene rings is 1. The first kappa shape index (κ1) is 23.6. The molecule has 1 aliphatic heterocycles. The summed E-state index contributed by atoms with van der Waals surface area (Å²) in [5.41, 5.74) is 0.105. The first-order chi connectivity index (χ1) is 16.2. The van der Waals surface area contributed by atoms with E-state index in [-0.39, 0.29) is 5.69 Å². The molecule has 8 nitrogen and oxygen atoms in total. The van der Waals surface area contributed by atoms with Gasteiger partial charge in [0.15, 0.2) is 11.6 Å². The van der Waals surface area contributed by atoms with Crippen molar-refractivity contribution in [2.24, 2.45) is 0 Å². The van der Waals surface area contributed by atoms with Gasteiger partial charge in [0.2, 0.25) is 0 Å². The average molecular weight is 492 g/mol. The van der Waals surface area contributed by atoms with Gasteiger partial charge in [-0.25, -0.2) is 9.78 Å². The van der Waals surface area contributed by atoms with Gasteiger partial charge in [-0.05, 0) is 55.0 Å². The monoisotopic (exact) mass is 491 g/mol. The van der Waals surface area contributed by atoms with Crippen LogP contribution >= 0.6 is 11.6 Å². The molecule has 2 aromatic heterocycles. The molecule has 4 rings (SSSR count). The number of carbonyl (C=O) groups excluding carboxylic acids is 1. The molecule has 1 fully saturated rings. The number of urea groups is 1. The smallest absolute Gasteiger partial charge is 0.352 e. The highest BCUT2D eigenvalue weighted by atomic mass is 35.5. The minimum atomic E-state index is -4.61. The number of piperazine rings is 1. The fourth-order valence-electron chi connectivity index (χ4n) is 3.46. The largest absolute Gasteiger partial charge is 0.417 e. The second-order valence-electron chi connectivity index (χ2n) is 7.72. The van der Waals surface area contributed by atoms with Gasteiger partial charge >= 0.3 is 12.2 Å². The van der Waals surface area contributed by atoms with E-state index in [1.54, 1.807) is 12.3 Å². The number of nitrogens with one attached hydrogen (secondary N) is 2. The van der Waals surface area contributed by atoms with Gasteiger partial charge in [0.1, 0.15) is 5.82 Å². The van der Waals surface area contributed by atoms with E-state index < -0.39 is 22.8 Å². The van der Waals surface area contributed by atoms with Crippen molar-refractivity contribution in [3.63, 3.8) is 0 Å². The molecular formula is C22H21ClF3N7O. The van der Waals surface area contributed by atoms with Gasteiger partial charge in [-0.2, -0.15) is 13.2 Å². The van der Waals surface area contributed by atoms with Crippen LogP contribution in [0, 0.1) is 6.92 Å². The topological polar surface area (TPSA) is 86.3 Å². The van der Waals surface area contributed by atoms with Crippen molar-refractivity contribution in [3.8, 4) is 0 Å². The molecule has 3 aromatic rings. The fraction of sp³-hybridized carbons (Fsp3) is 0.273. The molecule has 0 saturated carbocycles. The highest BCUT2D eigenvalue weighted by Crippen LogP contribution is 2.36. The second-order valence-corrected chi connectivity index (χ2v) is 8.12. The lowest BCUT2D eigenvalue weighted by atomic mass is 10.2. The number of aryl methyl sites for hydroxylation is 1. The Balaban J connectivity index is 1.32. The van der Waals surface area contributed by atoms with Gasteiger partial charge in [-0.15, -0.1) is 10.2 Å². The summed E-state index contributed by atoms with van der Waals surface area (Å²) in [6, 6.07) is 10.2. The molecule has 0 spiro atoms. The summed E-state index contributed by atoms with van der Waals surface area (Å²) in [6.45, 7) is 3.73. The van der Waals surface area contributed by atoms with E-state index in [9.17, 15) is 18.0 Å². The molecule has 2 N–H and O–H groups in total. The minimum Gasteiger partial charge on any atom is -0.352 e. The average Bonchev–Trinajstić information content (AvgIpc) is 2.80. The standard InChI is InChI=1S/C22H21ClF3N7O/c1-14-6-7-27-19(12-14)29-18-4-5-20(31-30-18)32-8-10-33(11-9-32)21(34)28-15-2-3-17(23)16(13-15)22(24,25)26/h2-7,12-13H,8-11H2,1H3,(H,28,34)(H,27,29,30). The molecule has 1 aliphatic rings. The maximum absolute atomic E-state index is 13.0. The van der Waals surface area contributed by atoms with Gasteiger partial charge in [0.25, 0.3) is 0 Å². The lowest BCUT2D eigenvalue weighted by Crippen LogP contribution is -2.50. The van der Waals surface area contributed by atoms with E-state index in [0.29, 0.717) is 43.6 Å². The third-order valence-corrected chi connectivity index (χ3v) is 5.57. The number of alkyl halides is 3. The number of halogens is 4. The molecule has 0 bridgehead atoms. The van der Waals surface area contributed by atoms with Crippen LogP contribution in [0.2, 0.25) is 5.02 Å². The first-order valence-corrected chi connectivity index (χ1v) is 10.8. The summed E-state index contributed by atoms with van der Waals surface area (Å²) in [6.07, 6.45) is -2.90. The first-order valence-electron chi connectivity index (χ1n) is 10.4. The second kappa shape index (κ2) is 9.72. The van der Waals surface area contributed by atoms with E-state index >= 15 is 0 Å². The van der Waals surface area contributed by atoms with Crippen molar-refractivity contribution < 1.29 is 18.0 Å². The normalized spacial score (nSPS) is 14.1. The minimum absolute atomic E-state index is 0.0289. The Morgan fingerprint density at radius 2 is 1.76 bits per heavy atom. The third-order valence-electron chi connectivity index (χ3n) is 5.24. The number of nitrogens with zero attached hydrogens (tertiary/aromatic N) is 5. The van der Waals surface area contributed by atoms with Crippen LogP contribution in [0.25, 0.3) is 0 Å². The predicted molar refractivity (Wildman–Crippen MR) is 124 cm³/mol. The lowest BCUT2D eigenvalue weighted by molar-refractivity contribution is -0.137. The summed E-state index contributed by atoms with van der Waals surface area (Å²) in [7, 11) is 0. The summed E-state index contributed by atoms with van der Waals surface area (Å²) < 4.78 is 39.1. The fourth-order valence-corrected chi connectivity index (χ4v) is 3.68. The molecular weight excluding hydrogens is 471 g/mol. The van der Waals surface area contributed by atoms with Crippen LogP contribution in [0.15, 0.2) is 48.7 Å². The van der Waals surface area contributed by atoms with Crippen molar-refractivity contribution >= 4 is 40.8 Å². The Labute approximate surface area is 198 Å². The summed E-state index contributed by atoms with van der Waals surface area (Å²) in [4.78, 5) is 20.3. The zero-order valence-electron chi connectivity index (χ0n) is 18.1. The molecule has 2 amide bonds. The Hall–Kier alpha value is -3.60. The number of hydrogen-bond donors (Lipinski definition) is 2. The van der Waals surface area contributed by atoms with Crippen molar-refractivity contribution in [1.82, 2.24) is 20.1 Å². The summed E-state index contributed by atoms with van der Waals surface area (Å²) in [5.74, 6) is 1.89. The maximum atomic E-state index is 13.0.